The predicted octanol–water partition coefficient (Wildman–Crippen LogP) is 22.0. The lowest BCUT2D eigenvalue weighted by molar-refractivity contribution is -0.161. The third kappa shape index (κ3) is 66.4. The van der Waals surface area contributed by atoms with Crippen LogP contribution in [0.5, 0.6) is 0 Å². The number of aliphatic hydroxyl groups excluding tert-OH is 1. The second-order valence-electron chi connectivity index (χ2n) is 28.6. The summed E-state index contributed by atoms with van der Waals surface area (Å²) in [5.41, 5.74) is 0. The zero-order chi connectivity index (χ0) is 70.3. The molecule has 5 unspecified atom stereocenters. The number of hydrogen-bond donors (Lipinski definition) is 3. The Hall–Kier alpha value is -1.94. The van der Waals surface area contributed by atoms with Crippen LogP contribution in [0.15, 0.2) is 0 Å². The topological polar surface area (TPSA) is 237 Å². The van der Waals surface area contributed by atoms with Gasteiger partial charge in [-0.1, -0.05) is 331 Å². The summed E-state index contributed by atoms with van der Waals surface area (Å²) in [6.07, 6.45) is 50.0. The number of carbonyl (C=O) groups is 4. The number of esters is 4. The minimum atomic E-state index is -4.96. The number of phosphoric ester groups is 2. The lowest BCUT2D eigenvalue weighted by Crippen LogP contribution is -2.30. The highest BCUT2D eigenvalue weighted by Gasteiger charge is 2.30. The van der Waals surface area contributed by atoms with Gasteiger partial charge in [0.2, 0.25) is 0 Å². The van der Waals surface area contributed by atoms with Crippen molar-refractivity contribution >= 4 is 39.5 Å². The minimum absolute atomic E-state index is 0.102. The summed E-state index contributed by atoms with van der Waals surface area (Å²) in [6.45, 7) is 14.2. The average Bonchev–Trinajstić information content (AvgIpc) is 2.52. The second-order valence-corrected chi connectivity index (χ2v) is 31.5. The van der Waals surface area contributed by atoms with E-state index < -0.39 is 97.5 Å². The van der Waals surface area contributed by atoms with Crippen molar-refractivity contribution in [3.05, 3.63) is 0 Å². The van der Waals surface area contributed by atoms with Crippen molar-refractivity contribution in [1.82, 2.24) is 0 Å². The average molecular weight is 1400 g/mol. The van der Waals surface area contributed by atoms with Crippen molar-refractivity contribution in [2.45, 2.75) is 401 Å². The lowest BCUT2D eigenvalue weighted by atomic mass is 9.99. The number of ether oxygens (including phenoxy) is 4. The highest BCUT2D eigenvalue weighted by atomic mass is 31.2. The first-order valence-corrected chi connectivity index (χ1v) is 42.3. The molecule has 19 heteroatoms. The first-order valence-electron chi connectivity index (χ1n) is 39.3. The molecular weight excluding hydrogens is 1250 g/mol. The van der Waals surface area contributed by atoms with Gasteiger partial charge < -0.3 is 33.8 Å². The molecule has 0 bridgehead atoms. The monoisotopic (exact) mass is 1400 g/mol. The molecule has 0 saturated heterocycles. The molecule has 0 fully saturated rings. The van der Waals surface area contributed by atoms with Crippen molar-refractivity contribution in [3.63, 3.8) is 0 Å². The van der Waals surface area contributed by atoms with E-state index in [1.807, 2.05) is 0 Å². The molecule has 0 aliphatic heterocycles. The summed E-state index contributed by atoms with van der Waals surface area (Å²) in [7, 11) is -9.91. The van der Waals surface area contributed by atoms with E-state index in [-0.39, 0.29) is 25.7 Å². The van der Waals surface area contributed by atoms with Gasteiger partial charge in [0.25, 0.3) is 0 Å². The van der Waals surface area contributed by atoms with Crippen LogP contribution in [0.25, 0.3) is 0 Å². The van der Waals surface area contributed by atoms with Crippen LogP contribution in [0, 0.1) is 23.7 Å². The normalized spacial score (nSPS) is 15.0. The fourth-order valence-electron chi connectivity index (χ4n) is 11.5. The van der Waals surface area contributed by atoms with Gasteiger partial charge in [-0.05, 0) is 49.4 Å². The number of carbonyl (C=O) groups excluding carboxylic acids is 4. The Bertz CT molecular complexity index is 1870. The van der Waals surface area contributed by atoms with Crippen molar-refractivity contribution in [3.8, 4) is 0 Å². The molecule has 95 heavy (non-hydrogen) atoms. The minimum Gasteiger partial charge on any atom is -0.462 e. The highest BCUT2D eigenvalue weighted by Crippen LogP contribution is 2.45. The van der Waals surface area contributed by atoms with Gasteiger partial charge in [-0.3, -0.25) is 37.3 Å². The Kier molecular flexibility index (Phi) is 64.0. The summed E-state index contributed by atoms with van der Waals surface area (Å²) in [6, 6.07) is 0. The molecule has 17 nitrogen and oxygen atoms in total. The van der Waals surface area contributed by atoms with Crippen molar-refractivity contribution < 1.29 is 80.2 Å². The fraction of sp³-hybridized carbons (Fsp3) is 0.947. The van der Waals surface area contributed by atoms with Crippen molar-refractivity contribution in [2.75, 3.05) is 39.6 Å². The number of hydrogen-bond acceptors (Lipinski definition) is 15. The molecule has 0 aliphatic carbocycles. The first kappa shape index (κ1) is 93.1. The van der Waals surface area contributed by atoms with Crippen LogP contribution in [0.4, 0.5) is 0 Å². The van der Waals surface area contributed by atoms with Crippen LogP contribution in [0.3, 0.4) is 0 Å². The largest absolute Gasteiger partial charge is 0.472 e. The summed E-state index contributed by atoms with van der Waals surface area (Å²) in [5.74, 6) is 0.971. The SMILES string of the molecule is CCC(C)CCCCCCCCCCCCCCCCC(=O)OC[C@H](COP(=O)(O)OC[C@@H](O)COP(=O)(O)OC[C@@H](COC(=O)CCCCCCCCC(C)CC)OC(=O)CCCCCCCCC(C)CC)OC(=O)CCCCCCCCCCCCCCCCC(C)C. The maximum absolute atomic E-state index is 13.1. The van der Waals surface area contributed by atoms with Gasteiger partial charge in [0, 0.05) is 25.7 Å². The summed E-state index contributed by atoms with van der Waals surface area (Å²) < 4.78 is 68.5. The predicted molar refractivity (Wildman–Crippen MR) is 386 cm³/mol. The summed E-state index contributed by atoms with van der Waals surface area (Å²) in [4.78, 5) is 72.8. The van der Waals surface area contributed by atoms with Crippen molar-refractivity contribution in [1.29, 1.82) is 0 Å². The third-order valence-corrected chi connectivity index (χ3v) is 20.6. The van der Waals surface area contributed by atoms with E-state index in [4.69, 9.17) is 37.0 Å². The fourth-order valence-corrected chi connectivity index (χ4v) is 13.0. The molecule has 0 rings (SSSR count). The van der Waals surface area contributed by atoms with Crippen LogP contribution in [-0.4, -0.2) is 96.7 Å². The molecule has 0 aromatic heterocycles. The Morgan fingerprint density at radius 3 is 0.747 bits per heavy atom. The second kappa shape index (κ2) is 65.4. The lowest BCUT2D eigenvalue weighted by Gasteiger charge is -2.21. The van der Waals surface area contributed by atoms with Gasteiger partial charge in [0.15, 0.2) is 12.2 Å². The summed E-state index contributed by atoms with van der Waals surface area (Å²) >= 11 is 0. The number of unbranched alkanes of at least 4 members (excludes halogenated alkanes) is 36. The molecule has 0 heterocycles. The Morgan fingerprint density at radius 1 is 0.295 bits per heavy atom. The maximum Gasteiger partial charge on any atom is 0.472 e. The molecule has 0 amide bonds. The van der Waals surface area contributed by atoms with E-state index in [2.05, 4.69) is 55.4 Å². The number of aliphatic hydroxyl groups is 1. The van der Waals surface area contributed by atoms with Gasteiger partial charge in [-0.2, -0.15) is 0 Å². The quantitative estimate of drug-likeness (QED) is 0.0222. The molecule has 0 spiro atoms. The van der Waals surface area contributed by atoms with E-state index in [1.54, 1.807) is 0 Å². The molecule has 0 saturated carbocycles. The van der Waals surface area contributed by atoms with Crippen LogP contribution in [0.2, 0.25) is 0 Å². The number of rotatable bonds is 73. The Morgan fingerprint density at radius 2 is 0.505 bits per heavy atom. The van der Waals surface area contributed by atoms with Crippen LogP contribution < -0.4 is 0 Å². The zero-order valence-corrected chi connectivity index (χ0v) is 64.1. The molecule has 8 atom stereocenters. The van der Waals surface area contributed by atoms with Gasteiger partial charge in [0.1, 0.15) is 19.3 Å². The zero-order valence-electron chi connectivity index (χ0n) is 62.3. The molecular formula is C76H148O17P2. The maximum atomic E-state index is 13.1. The number of phosphoric acid groups is 2. The van der Waals surface area contributed by atoms with Gasteiger partial charge >= 0.3 is 39.5 Å². The van der Waals surface area contributed by atoms with Gasteiger partial charge in [-0.15, -0.1) is 0 Å². The standard InChI is InChI=1S/C76H148O17P2/c1-9-67(6)53-45-37-29-25-21-17-13-15-18-22-26-30-40-48-56-73(78)86-62-71(92-75(80)58-50-42-31-27-23-19-14-12-16-20-24-28-36-44-52-66(4)5)64-90-94(82,83)88-60-70(77)61-89-95(84,85)91-65-72(93-76(81)59-51-43-35-33-39-47-55-69(8)11-3)63-87-74(79)57-49-41-34-32-38-46-54-68(7)10-2/h66-72,77H,9-65H2,1-8H3,(H,82,83)(H,84,85)/t67?,68?,69?,70-,71-,72-/m1/s1. The molecule has 3 N–H and O–H groups in total. The third-order valence-electron chi connectivity index (χ3n) is 18.7. The van der Waals surface area contributed by atoms with Crippen LogP contribution >= 0.6 is 15.6 Å². The van der Waals surface area contributed by atoms with E-state index in [0.29, 0.717) is 25.7 Å². The first-order chi connectivity index (χ1) is 45.7. The van der Waals surface area contributed by atoms with Crippen LogP contribution in [0.1, 0.15) is 383 Å². The van der Waals surface area contributed by atoms with Crippen molar-refractivity contribution in [2.24, 2.45) is 23.7 Å². The Labute approximate surface area is 581 Å². The molecule has 564 valence electrons. The Balaban J connectivity index is 5.23. The van der Waals surface area contributed by atoms with Gasteiger partial charge in [0.05, 0.1) is 26.4 Å². The molecule has 0 radical (unpaired) electrons. The van der Waals surface area contributed by atoms with E-state index >= 15 is 0 Å². The van der Waals surface area contributed by atoms with E-state index in [0.717, 1.165) is 120 Å². The van der Waals surface area contributed by atoms with Crippen LogP contribution in [-0.2, 0) is 65.4 Å². The molecule has 0 aromatic rings. The molecule has 0 aliphatic rings. The smallest absolute Gasteiger partial charge is 0.462 e. The molecule has 0 aromatic carbocycles. The van der Waals surface area contributed by atoms with Gasteiger partial charge in [-0.25, -0.2) is 9.13 Å². The van der Waals surface area contributed by atoms with E-state index in [1.165, 1.54) is 180 Å². The van der Waals surface area contributed by atoms with E-state index in [9.17, 15) is 43.2 Å². The summed E-state index contributed by atoms with van der Waals surface area (Å²) in [5, 5.41) is 10.6. The highest BCUT2D eigenvalue weighted by molar-refractivity contribution is 7.47.